The Morgan fingerprint density at radius 2 is 2.35 bits per heavy atom. The van der Waals surface area contributed by atoms with Gasteiger partial charge in [0.05, 0.1) is 13.2 Å². The molecule has 1 fully saturated rings. The van der Waals surface area contributed by atoms with Gasteiger partial charge in [0, 0.05) is 10.3 Å². The normalized spacial score (nSPS) is 26.8. The van der Waals surface area contributed by atoms with Gasteiger partial charge >= 0.3 is 0 Å². The molecular formula is C14H22O2S. The first-order valence-electron chi connectivity index (χ1n) is 6.55. The van der Waals surface area contributed by atoms with Crippen LogP contribution in [0.25, 0.3) is 0 Å². The molecule has 1 heterocycles. The molecular weight excluding hydrogens is 232 g/mol. The number of methoxy groups -OCH3 is 1. The number of hydrogen-bond donors (Lipinski definition) is 1. The molecule has 0 amide bonds. The molecule has 1 aromatic heterocycles. The van der Waals surface area contributed by atoms with Crippen LogP contribution in [-0.2, 0) is 0 Å². The minimum absolute atomic E-state index is 0.293. The topological polar surface area (TPSA) is 29.5 Å². The quantitative estimate of drug-likeness (QED) is 0.879. The number of aliphatic hydroxyl groups excluding tert-OH is 1. The average molecular weight is 254 g/mol. The van der Waals surface area contributed by atoms with Crippen LogP contribution in [0.5, 0.6) is 5.75 Å². The van der Waals surface area contributed by atoms with Crippen LogP contribution in [0.15, 0.2) is 11.4 Å². The van der Waals surface area contributed by atoms with Crippen molar-refractivity contribution in [1.29, 1.82) is 0 Å². The summed E-state index contributed by atoms with van der Waals surface area (Å²) in [7, 11) is 1.67. The molecule has 0 aliphatic heterocycles. The first-order valence-corrected chi connectivity index (χ1v) is 7.43. The van der Waals surface area contributed by atoms with E-state index >= 15 is 0 Å². The van der Waals surface area contributed by atoms with E-state index in [4.69, 9.17) is 4.74 Å². The van der Waals surface area contributed by atoms with Gasteiger partial charge in [0.2, 0.25) is 0 Å². The Balaban J connectivity index is 2.00. The lowest BCUT2D eigenvalue weighted by Gasteiger charge is -2.31. The van der Waals surface area contributed by atoms with Gasteiger partial charge in [-0.2, -0.15) is 0 Å². The van der Waals surface area contributed by atoms with Crippen LogP contribution in [0.2, 0.25) is 0 Å². The fourth-order valence-corrected chi connectivity index (χ4v) is 3.75. The van der Waals surface area contributed by atoms with Crippen molar-refractivity contribution in [3.05, 3.63) is 16.3 Å². The van der Waals surface area contributed by atoms with Crippen LogP contribution in [0, 0.1) is 11.8 Å². The van der Waals surface area contributed by atoms with Crippen molar-refractivity contribution in [1.82, 2.24) is 0 Å². The van der Waals surface area contributed by atoms with Gasteiger partial charge in [-0.3, -0.25) is 0 Å². The Morgan fingerprint density at radius 3 is 3.00 bits per heavy atom. The highest BCUT2D eigenvalue weighted by Gasteiger charge is 2.28. The third-order valence-corrected chi connectivity index (χ3v) is 4.95. The van der Waals surface area contributed by atoms with Gasteiger partial charge in [-0.25, -0.2) is 0 Å². The van der Waals surface area contributed by atoms with Crippen LogP contribution in [0.4, 0.5) is 0 Å². The van der Waals surface area contributed by atoms with Crippen LogP contribution in [-0.4, -0.2) is 12.2 Å². The lowest BCUT2D eigenvalue weighted by atomic mass is 9.77. The maximum absolute atomic E-state index is 10.4. The van der Waals surface area contributed by atoms with Gasteiger partial charge in [0.25, 0.3) is 0 Å². The number of thiophene rings is 1. The summed E-state index contributed by atoms with van der Waals surface area (Å²) in [6.45, 7) is 2.26. The lowest BCUT2D eigenvalue weighted by Crippen LogP contribution is -2.20. The van der Waals surface area contributed by atoms with Crippen LogP contribution in [0.1, 0.15) is 50.0 Å². The number of hydrogen-bond acceptors (Lipinski definition) is 3. The molecule has 1 saturated carbocycles. The minimum atomic E-state index is -0.293. The highest BCUT2D eigenvalue weighted by Crippen LogP contribution is 2.40. The van der Waals surface area contributed by atoms with Crippen molar-refractivity contribution in [3.8, 4) is 5.75 Å². The molecule has 0 bridgehead atoms. The molecule has 3 atom stereocenters. The third kappa shape index (κ3) is 3.02. The summed E-state index contributed by atoms with van der Waals surface area (Å²) >= 11 is 1.61. The zero-order valence-corrected chi connectivity index (χ0v) is 11.5. The summed E-state index contributed by atoms with van der Waals surface area (Å²) in [5, 5.41) is 12.4. The smallest absolute Gasteiger partial charge is 0.129 e. The van der Waals surface area contributed by atoms with Gasteiger partial charge in [-0.1, -0.05) is 26.2 Å². The fourth-order valence-electron chi connectivity index (χ4n) is 2.82. The summed E-state index contributed by atoms with van der Waals surface area (Å²) < 4.78 is 5.17. The molecule has 2 nitrogen and oxygen atoms in total. The average Bonchev–Trinajstić information content (AvgIpc) is 2.86. The lowest BCUT2D eigenvalue weighted by molar-refractivity contribution is 0.0704. The van der Waals surface area contributed by atoms with Crippen molar-refractivity contribution >= 4 is 11.3 Å². The van der Waals surface area contributed by atoms with E-state index in [0.29, 0.717) is 5.92 Å². The molecule has 2 rings (SSSR count). The van der Waals surface area contributed by atoms with Gasteiger partial charge in [0.1, 0.15) is 5.75 Å². The van der Waals surface area contributed by atoms with E-state index in [2.05, 4.69) is 6.92 Å². The molecule has 1 N–H and O–H groups in total. The third-order valence-electron chi connectivity index (χ3n) is 3.97. The summed E-state index contributed by atoms with van der Waals surface area (Å²) in [6.07, 6.45) is 5.90. The van der Waals surface area contributed by atoms with Gasteiger partial charge < -0.3 is 9.84 Å². The van der Waals surface area contributed by atoms with Crippen LogP contribution in [0.3, 0.4) is 0 Å². The standard InChI is InChI=1S/C14H22O2S/c1-3-10-5-4-6-11(7-10)14(15)13-8-12(16-2)9-17-13/h8-11,14-15H,3-7H2,1-2H3. The second kappa shape index (κ2) is 5.87. The highest BCUT2D eigenvalue weighted by atomic mass is 32.1. The highest BCUT2D eigenvalue weighted by molar-refractivity contribution is 7.10. The molecule has 0 saturated heterocycles. The van der Waals surface area contributed by atoms with E-state index in [1.165, 1.54) is 25.7 Å². The Hall–Kier alpha value is -0.540. The van der Waals surface area contributed by atoms with Crippen molar-refractivity contribution in [3.63, 3.8) is 0 Å². The molecule has 17 heavy (non-hydrogen) atoms. The SMILES string of the molecule is CCC1CCCC(C(O)c2cc(OC)cs2)C1. The second-order valence-corrected chi connectivity index (χ2v) is 5.98. The molecule has 0 spiro atoms. The number of ether oxygens (including phenoxy) is 1. The minimum Gasteiger partial charge on any atom is -0.496 e. The van der Waals surface area contributed by atoms with E-state index < -0.39 is 0 Å². The maximum Gasteiger partial charge on any atom is 0.129 e. The molecule has 1 aliphatic rings. The van der Waals surface area contributed by atoms with Gasteiger partial charge in [0.15, 0.2) is 0 Å². The zero-order chi connectivity index (χ0) is 12.3. The van der Waals surface area contributed by atoms with Gasteiger partial charge in [-0.15, -0.1) is 11.3 Å². The molecule has 96 valence electrons. The molecule has 3 unspecified atom stereocenters. The Kier molecular flexibility index (Phi) is 4.46. The van der Waals surface area contributed by atoms with Crippen LogP contribution < -0.4 is 4.74 Å². The Labute approximate surface area is 108 Å². The van der Waals surface area contributed by atoms with Gasteiger partial charge in [-0.05, 0) is 30.7 Å². The first-order chi connectivity index (χ1) is 8.24. The fraction of sp³-hybridized carbons (Fsp3) is 0.714. The van der Waals surface area contributed by atoms with E-state index in [-0.39, 0.29) is 6.10 Å². The molecule has 1 aromatic rings. The van der Waals surface area contributed by atoms with E-state index in [1.807, 2.05) is 11.4 Å². The van der Waals surface area contributed by atoms with E-state index in [1.54, 1.807) is 18.4 Å². The van der Waals surface area contributed by atoms with Crippen molar-refractivity contribution in [2.75, 3.05) is 7.11 Å². The number of aliphatic hydroxyl groups is 1. The zero-order valence-electron chi connectivity index (χ0n) is 10.7. The predicted molar refractivity (Wildman–Crippen MR) is 71.6 cm³/mol. The Morgan fingerprint density at radius 1 is 1.53 bits per heavy atom. The largest absolute Gasteiger partial charge is 0.496 e. The maximum atomic E-state index is 10.4. The second-order valence-electron chi connectivity index (χ2n) is 5.03. The summed E-state index contributed by atoms with van der Waals surface area (Å²) in [5.74, 6) is 2.12. The summed E-state index contributed by atoms with van der Waals surface area (Å²) in [5.41, 5.74) is 0. The van der Waals surface area contributed by atoms with E-state index in [9.17, 15) is 5.11 Å². The number of rotatable bonds is 4. The molecule has 1 aliphatic carbocycles. The Bertz CT molecular complexity index is 348. The monoisotopic (exact) mass is 254 g/mol. The van der Waals surface area contributed by atoms with Crippen molar-refractivity contribution in [2.24, 2.45) is 11.8 Å². The molecule has 3 heteroatoms. The predicted octanol–water partition coefficient (Wildman–Crippen LogP) is 4.01. The van der Waals surface area contributed by atoms with Crippen molar-refractivity contribution in [2.45, 2.75) is 45.1 Å². The van der Waals surface area contributed by atoms with Crippen molar-refractivity contribution < 1.29 is 9.84 Å². The first kappa shape index (κ1) is 12.9. The van der Waals surface area contributed by atoms with Crippen LogP contribution >= 0.6 is 11.3 Å². The summed E-state index contributed by atoms with van der Waals surface area (Å²) in [4.78, 5) is 1.06. The van der Waals surface area contributed by atoms with E-state index in [0.717, 1.165) is 23.0 Å². The molecule has 0 radical (unpaired) electrons. The summed E-state index contributed by atoms with van der Waals surface area (Å²) in [6, 6.07) is 1.98. The molecule has 0 aromatic carbocycles.